The van der Waals surface area contributed by atoms with Gasteiger partial charge in [-0.25, -0.2) is 0 Å². The highest BCUT2D eigenvalue weighted by Crippen LogP contribution is 2.27. The van der Waals surface area contributed by atoms with Crippen LogP contribution in [0.25, 0.3) is 0 Å². The molecule has 1 amide bonds. The zero-order chi connectivity index (χ0) is 13.5. The van der Waals surface area contributed by atoms with E-state index in [-0.39, 0.29) is 0 Å². The SMILES string of the molecule is CC(C)CCN(C)C(=O)CCC1CCCC(N)C1. The number of nitrogens with zero attached hydrogens (tertiary/aromatic N) is 1. The highest BCUT2D eigenvalue weighted by atomic mass is 16.2. The third-order valence-electron chi connectivity index (χ3n) is 4.06. The Morgan fingerprint density at radius 3 is 2.72 bits per heavy atom. The molecule has 0 aromatic rings. The van der Waals surface area contributed by atoms with Gasteiger partial charge in [0, 0.05) is 26.1 Å². The van der Waals surface area contributed by atoms with Gasteiger partial charge in [0.2, 0.25) is 5.91 Å². The Morgan fingerprint density at radius 1 is 1.39 bits per heavy atom. The summed E-state index contributed by atoms with van der Waals surface area (Å²) < 4.78 is 0. The Morgan fingerprint density at radius 2 is 2.11 bits per heavy atom. The predicted octanol–water partition coefficient (Wildman–Crippen LogP) is 2.79. The third kappa shape index (κ3) is 5.85. The molecule has 2 atom stereocenters. The molecule has 0 radical (unpaired) electrons. The summed E-state index contributed by atoms with van der Waals surface area (Å²) >= 11 is 0. The molecule has 1 fully saturated rings. The van der Waals surface area contributed by atoms with Crippen LogP contribution >= 0.6 is 0 Å². The van der Waals surface area contributed by atoms with E-state index in [1.807, 2.05) is 11.9 Å². The molecule has 2 N–H and O–H groups in total. The first-order chi connectivity index (χ1) is 8.49. The van der Waals surface area contributed by atoms with Crippen molar-refractivity contribution in [2.45, 2.75) is 64.8 Å². The maximum atomic E-state index is 12.0. The molecule has 1 rings (SSSR count). The Hall–Kier alpha value is -0.570. The van der Waals surface area contributed by atoms with E-state index in [1.54, 1.807) is 0 Å². The van der Waals surface area contributed by atoms with E-state index in [9.17, 15) is 4.79 Å². The number of hydrogen-bond donors (Lipinski definition) is 1. The average molecular weight is 254 g/mol. The highest BCUT2D eigenvalue weighted by molar-refractivity contribution is 5.75. The summed E-state index contributed by atoms with van der Waals surface area (Å²) in [5.41, 5.74) is 5.98. The lowest BCUT2D eigenvalue weighted by molar-refractivity contribution is -0.130. The molecule has 1 aliphatic carbocycles. The Balaban J connectivity index is 2.19. The fourth-order valence-corrected chi connectivity index (χ4v) is 2.69. The first kappa shape index (κ1) is 15.5. The fourth-order valence-electron chi connectivity index (χ4n) is 2.69. The van der Waals surface area contributed by atoms with Crippen molar-refractivity contribution in [1.29, 1.82) is 0 Å². The minimum Gasteiger partial charge on any atom is -0.346 e. The zero-order valence-corrected chi connectivity index (χ0v) is 12.3. The van der Waals surface area contributed by atoms with Crippen LogP contribution in [-0.4, -0.2) is 30.4 Å². The van der Waals surface area contributed by atoms with E-state index < -0.39 is 0 Å². The number of carbonyl (C=O) groups is 1. The number of amides is 1. The van der Waals surface area contributed by atoms with Gasteiger partial charge < -0.3 is 10.6 Å². The lowest BCUT2D eigenvalue weighted by Gasteiger charge is -2.27. The molecular formula is C15H30N2O. The Bertz CT molecular complexity index is 253. The summed E-state index contributed by atoms with van der Waals surface area (Å²) in [5, 5.41) is 0. The van der Waals surface area contributed by atoms with Crippen LogP contribution in [0.3, 0.4) is 0 Å². The molecule has 0 spiro atoms. The Kier molecular flexibility index (Phi) is 6.69. The van der Waals surface area contributed by atoms with Crippen molar-refractivity contribution in [2.24, 2.45) is 17.6 Å². The predicted molar refractivity (Wildman–Crippen MR) is 76.3 cm³/mol. The minimum absolute atomic E-state index is 0.301. The summed E-state index contributed by atoms with van der Waals surface area (Å²) in [7, 11) is 1.93. The minimum atomic E-state index is 0.301. The van der Waals surface area contributed by atoms with Crippen LogP contribution in [0.4, 0.5) is 0 Å². The molecular weight excluding hydrogens is 224 g/mol. The van der Waals surface area contributed by atoms with Crippen molar-refractivity contribution in [3.05, 3.63) is 0 Å². The second-order valence-corrected chi connectivity index (χ2v) is 6.33. The van der Waals surface area contributed by atoms with Crippen molar-refractivity contribution in [2.75, 3.05) is 13.6 Å². The van der Waals surface area contributed by atoms with Crippen molar-refractivity contribution in [1.82, 2.24) is 4.90 Å². The molecule has 106 valence electrons. The topological polar surface area (TPSA) is 46.3 Å². The summed E-state index contributed by atoms with van der Waals surface area (Å²) in [6, 6.07) is 0.373. The smallest absolute Gasteiger partial charge is 0.222 e. The van der Waals surface area contributed by atoms with Crippen LogP contribution in [-0.2, 0) is 4.79 Å². The second-order valence-electron chi connectivity index (χ2n) is 6.33. The number of nitrogens with two attached hydrogens (primary N) is 1. The van der Waals surface area contributed by atoms with Gasteiger partial charge in [-0.15, -0.1) is 0 Å². The maximum absolute atomic E-state index is 12.0. The van der Waals surface area contributed by atoms with Gasteiger partial charge in [0.25, 0.3) is 0 Å². The fraction of sp³-hybridized carbons (Fsp3) is 0.933. The van der Waals surface area contributed by atoms with E-state index in [0.29, 0.717) is 30.2 Å². The molecule has 0 aromatic heterocycles. The van der Waals surface area contributed by atoms with Crippen LogP contribution in [0.2, 0.25) is 0 Å². The van der Waals surface area contributed by atoms with Crippen LogP contribution in [0.5, 0.6) is 0 Å². The van der Waals surface area contributed by atoms with Crippen LogP contribution < -0.4 is 5.73 Å². The summed E-state index contributed by atoms with van der Waals surface area (Å²) in [5.74, 6) is 1.64. The second kappa shape index (κ2) is 7.78. The molecule has 0 aromatic carbocycles. The highest BCUT2D eigenvalue weighted by Gasteiger charge is 2.20. The summed E-state index contributed by atoms with van der Waals surface area (Å²) in [6.45, 7) is 5.28. The standard InChI is InChI=1S/C15H30N2O/c1-12(2)9-10-17(3)15(18)8-7-13-5-4-6-14(16)11-13/h12-14H,4-11,16H2,1-3H3. The van der Waals surface area contributed by atoms with Gasteiger partial charge >= 0.3 is 0 Å². The number of hydrogen-bond acceptors (Lipinski definition) is 2. The molecule has 0 aliphatic heterocycles. The van der Waals surface area contributed by atoms with Crippen molar-refractivity contribution in [3.8, 4) is 0 Å². The molecule has 0 bridgehead atoms. The lowest BCUT2D eigenvalue weighted by atomic mass is 9.83. The van der Waals surface area contributed by atoms with E-state index in [0.717, 1.165) is 25.8 Å². The quantitative estimate of drug-likeness (QED) is 0.792. The van der Waals surface area contributed by atoms with Gasteiger partial charge in [-0.05, 0) is 37.5 Å². The molecule has 0 heterocycles. The molecule has 3 heteroatoms. The summed E-state index contributed by atoms with van der Waals surface area (Å²) in [6.07, 6.45) is 7.60. The molecule has 3 nitrogen and oxygen atoms in total. The van der Waals surface area contributed by atoms with E-state index >= 15 is 0 Å². The van der Waals surface area contributed by atoms with Gasteiger partial charge in [-0.1, -0.05) is 26.7 Å². The van der Waals surface area contributed by atoms with Gasteiger partial charge in [-0.2, -0.15) is 0 Å². The first-order valence-electron chi connectivity index (χ1n) is 7.48. The largest absolute Gasteiger partial charge is 0.346 e. The van der Waals surface area contributed by atoms with Crippen molar-refractivity contribution < 1.29 is 4.79 Å². The van der Waals surface area contributed by atoms with Crippen molar-refractivity contribution in [3.63, 3.8) is 0 Å². The monoisotopic (exact) mass is 254 g/mol. The van der Waals surface area contributed by atoms with Crippen molar-refractivity contribution >= 4 is 5.91 Å². The normalized spacial score (nSPS) is 24.3. The van der Waals surface area contributed by atoms with Gasteiger partial charge in [0.15, 0.2) is 0 Å². The average Bonchev–Trinajstić information content (AvgIpc) is 2.33. The third-order valence-corrected chi connectivity index (χ3v) is 4.06. The lowest BCUT2D eigenvalue weighted by Crippen LogP contribution is -2.31. The van der Waals surface area contributed by atoms with Gasteiger partial charge in [-0.3, -0.25) is 4.79 Å². The number of rotatable bonds is 6. The first-order valence-corrected chi connectivity index (χ1v) is 7.48. The van der Waals surface area contributed by atoms with Crippen LogP contribution in [0, 0.1) is 11.8 Å². The zero-order valence-electron chi connectivity index (χ0n) is 12.3. The molecule has 18 heavy (non-hydrogen) atoms. The Labute approximate surface area is 112 Å². The van der Waals surface area contributed by atoms with E-state index in [4.69, 9.17) is 5.73 Å². The van der Waals surface area contributed by atoms with Gasteiger partial charge in [0.05, 0.1) is 0 Å². The van der Waals surface area contributed by atoms with E-state index in [2.05, 4.69) is 13.8 Å². The van der Waals surface area contributed by atoms with Crippen LogP contribution in [0.15, 0.2) is 0 Å². The van der Waals surface area contributed by atoms with Crippen LogP contribution in [0.1, 0.15) is 58.8 Å². The molecule has 1 aliphatic rings. The maximum Gasteiger partial charge on any atom is 0.222 e. The molecule has 2 unspecified atom stereocenters. The van der Waals surface area contributed by atoms with Gasteiger partial charge in [0.1, 0.15) is 0 Å². The number of carbonyl (C=O) groups excluding carboxylic acids is 1. The van der Waals surface area contributed by atoms with E-state index in [1.165, 1.54) is 19.3 Å². The molecule has 0 saturated heterocycles. The molecule has 1 saturated carbocycles. The summed E-state index contributed by atoms with van der Waals surface area (Å²) in [4.78, 5) is 13.9.